The molecule has 16 rings (SSSR count). The summed E-state index contributed by atoms with van der Waals surface area (Å²) in [5, 5.41) is 23.8. The van der Waals surface area contributed by atoms with Gasteiger partial charge in [0, 0.05) is 71.8 Å². The molecule has 0 radical (unpaired) electrons. The van der Waals surface area contributed by atoms with E-state index < -0.39 is 0 Å². The fourth-order valence-corrected chi connectivity index (χ4v) is 13.5. The SMILES string of the molecule is Cc1cccc2c3ccccc3n(-c3c(C#N)c(-n4c5ccccc5c5cccc(C)c54)c(-n4c5ccccc5c5cccc(C)c54)c(-c4cccc5oc6ccncc6c45)c3-n3c4ccccc4c4cccc(C)c43)c12. The number of aromatic nitrogens is 5. The molecule has 6 heterocycles. The van der Waals surface area contributed by atoms with Crippen molar-refractivity contribution in [1.82, 2.24) is 23.3 Å². The number of fused-ring (bicyclic) bond motifs is 15. The largest absolute Gasteiger partial charge is 0.456 e. The Morgan fingerprint density at radius 3 is 1.13 bits per heavy atom. The Labute approximate surface area is 441 Å². The molecule has 7 heteroatoms. The number of nitriles is 1. The lowest BCUT2D eigenvalue weighted by Gasteiger charge is -2.30. The van der Waals surface area contributed by atoms with Crippen LogP contribution < -0.4 is 0 Å². The van der Waals surface area contributed by atoms with Crippen molar-refractivity contribution in [2.24, 2.45) is 0 Å². The number of nitrogens with zero attached hydrogens (tertiary/aromatic N) is 6. The Kier molecular flexibility index (Phi) is 8.95. The molecule has 7 nitrogen and oxygen atoms in total. The van der Waals surface area contributed by atoms with Gasteiger partial charge < -0.3 is 22.7 Å². The molecule has 6 aromatic heterocycles. The van der Waals surface area contributed by atoms with E-state index in [0.717, 1.165) is 165 Å². The van der Waals surface area contributed by atoms with Crippen LogP contribution in [0.5, 0.6) is 0 Å². The van der Waals surface area contributed by atoms with Crippen molar-refractivity contribution in [1.29, 1.82) is 5.26 Å². The van der Waals surface area contributed by atoms with Crippen LogP contribution in [0.1, 0.15) is 27.8 Å². The molecule has 77 heavy (non-hydrogen) atoms. The molecule has 0 fully saturated rings. The number of furan rings is 1. The number of pyridine rings is 1. The Bertz CT molecular complexity index is 5030. The van der Waals surface area contributed by atoms with Gasteiger partial charge in [-0.2, -0.15) is 5.26 Å². The standard InChI is InChI=1S/C70H46N6O/c1-40-18-13-26-48-44-22-5-9-31-55(44)73(63(40)48)67-53(38-71)68(74-56-32-10-6-23-45(56)49-27-14-19-41(2)64(49)74)70(76-58-34-12-8-25-47(58)51-29-16-21-43(4)66(51)76)62(52-30-17-35-60-61(52)54-39-72-37-36-59(54)77-60)69(67)75-57-33-11-7-24-46(57)50-28-15-20-42(3)65(50)75/h5-37,39H,1-4H3. The summed E-state index contributed by atoms with van der Waals surface area (Å²) in [4.78, 5) is 4.78. The van der Waals surface area contributed by atoms with Gasteiger partial charge in [-0.3, -0.25) is 4.98 Å². The van der Waals surface area contributed by atoms with Gasteiger partial charge in [-0.1, -0.05) is 158 Å². The second-order valence-corrected chi connectivity index (χ2v) is 20.7. The Morgan fingerprint density at radius 2 is 0.727 bits per heavy atom. The van der Waals surface area contributed by atoms with E-state index in [9.17, 15) is 5.26 Å². The molecular formula is C70H46N6O. The van der Waals surface area contributed by atoms with E-state index in [1.54, 1.807) is 6.20 Å². The fourth-order valence-electron chi connectivity index (χ4n) is 13.5. The van der Waals surface area contributed by atoms with Crippen molar-refractivity contribution >= 4 is 109 Å². The second-order valence-electron chi connectivity index (χ2n) is 20.7. The van der Waals surface area contributed by atoms with Gasteiger partial charge >= 0.3 is 0 Å². The van der Waals surface area contributed by atoms with Crippen LogP contribution in [-0.4, -0.2) is 23.3 Å². The monoisotopic (exact) mass is 986 g/mol. The molecule has 362 valence electrons. The average Bonchev–Trinajstić information content (AvgIpc) is 4.37. The smallest absolute Gasteiger partial charge is 0.138 e. The maximum atomic E-state index is 13.1. The van der Waals surface area contributed by atoms with Crippen LogP contribution in [0, 0.1) is 39.0 Å². The van der Waals surface area contributed by atoms with Crippen molar-refractivity contribution in [2.45, 2.75) is 27.7 Å². The molecule has 16 aromatic rings. The topological polar surface area (TPSA) is 69.5 Å². The van der Waals surface area contributed by atoms with Crippen LogP contribution in [-0.2, 0) is 0 Å². The van der Waals surface area contributed by atoms with E-state index in [1.165, 1.54) is 0 Å². The maximum absolute atomic E-state index is 13.1. The lowest BCUT2D eigenvalue weighted by atomic mass is 9.91. The summed E-state index contributed by atoms with van der Waals surface area (Å²) in [6.45, 7) is 8.84. The van der Waals surface area contributed by atoms with E-state index in [2.05, 4.69) is 240 Å². The number of hydrogen-bond donors (Lipinski definition) is 0. The normalized spacial score (nSPS) is 12.1. The number of rotatable bonds is 5. The first kappa shape index (κ1) is 43.3. The minimum Gasteiger partial charge on any atom is -0.456 e. The predicted octanol–water partition coefficient (Wildman–Crippen LogP) is 18.1. The molecule has 0 atom stereocenters. The zero-order valence-corrected chi connectivity index (χ0v) is 42.7. The number of hydrogen-bond acceptors (Lipinski definition) is 3. The molecule has 0 saturated carbocycles. The molecule has 0 unspecified atom stereocenters. The molecule has 0 N–H and O–H groups in total. The molecule has 0 aliphatic carbocycles. The van der Waals surface area contributed by atoms with Gasteiger partial charge in [0.2, 0.25) is 0 Å². The van der Waals surface area contributed by atoms with Gasteiger partial charge in [-0.25, -0.2) is 0 Å². The van der Waals surface area contributed by atoms with Gasteiger partial charge in [0.1, 0.15) is 22.8 Å². The molecular weight excluding hydrogens is 941 g/mol. The third kappa shape index (κ3) is 5.71. The lowest BCUT2D eigenvalue weighted by Crippen LogP contribution is -2.17. The maximum Gasteiger partial charge on any atom is 0.138 e. The van der Waals surface area contributed by atoms with Gasteiger partial charge in [-0.05, 0) is 91.9 Å². The highest BCUT2D eigenvalue weighted by atomic mass is 16.3. The van der Waals surface area contributed by atoms with E-state index in [1.807, 2.05) is 12.3 Å². The highest BCUT2D eigenvalue weighted by Gasteiger charge is 2.36. The van der Waals surface area contributed by atoms with Crippen molar-refractivity contribution in [2.75, 3.05) is 0 Å². The molecule has 0 spiro atoms. The third-order valence-corrected chi connectivity index (χ3v) is 16.6. The summed E-state index contributed by atoms with van der Waals surface area (Å²) in [5.74, 6) is 0. The van der Waals surface area contributed by atoms with E-state index in [0.29, 0.717) is 5.56 Å². The Morgan fingerprint density at radius 1 is 0.364 bits per heavy atom. The summed E-state index contributed by atoms with van der Waals surface area (Å²) < 4.78 is 16.7. The average molecular weight is 987 g/mol. The molecule has 0 saturated heterocycles. The van der Waals surface area contributed by atoms with Crippen molar-refractivity contribution < 1.29 is 4.42 Å². The summed E-state index contributed by atoms with van der Waals surface area (Å²) in [6, 6.07) is 72.9. The first-order chi connectivity index (χ1) is 37.9. The first-order valence-electron chi connectivity index (χ1n) is 26.3. The van der Waals surface area contributed by atoms with Crippen molar-refractivity contribution in [3.8, 4) is 39.9 Å². The quantitative estimate of drug-likeness (QED) is 0.172. The van der Waals surface area contributed by atoms with Crippen LogP contribution in [0.15, 0.2) is 211 Å². The third-order valence-electron chi connectivity index (χ3n) is 16.6. The molecule has 0 aliphatic heterocycles. The van der Waals surface area contributed by atoms with Crippen LogP contribution in [0.3, 0.4) is 0 Å². The van der Waals surface area contributed by atoms with Crippen molar-refractivity contribution in [3.63, 3.8) is 0 Å². The second kappa shape index (κ2) is 15.9. The molecule has 0 aliphatic rings. The van der Waals surface area contributed by atoms with Gasteiger partial charge in [-0.15, -0.1) is 0 Å². The zero-order valence-electron chi connectivity index (χ0n) is 42.7. The van der Waals surface area contributed by atoms with Gasteiger partial charge in [0.05, 0.1) is 66.9 Å². The highest BCUT2D eigenvalue weighted by Crippen LogP contribution is 2.54. The highest BCUT2D eigenvalue weighted by molar-refractivity contribution is 6.21. The summed E-state index contributed by atoms with van der Waals surface area (Å²) >= 11 is 0. The van der Waals surface area contributed by atoms with E-state index in [4.69, 9.17) is 9.40 Å². The molecule has 0 amide bonds. The van der Waals surface area contributed by atoms with E-state index in [-0.39, 0.29) is 0 Å². The van der Waals surface area contributed by atoms with Crippen LogP contribution >= 0.6 is 0 Å². The fraction of sp³-hybridized carbons (Fsp3) is 0.0571. The minimum absolute atomic E-state index is 0.528. The minimum atomic E-state index is 0.528. The van der Waals surface area contributed by atoms with Crippen LogP contribution in [0.25, 0.3) is 143 Å². The summed E-state index contributed by atoms with van der Waals surface area (Å²) in [5.41, 5.74) is 19.8. The lowest BCUT2D eigenvalue weighted by molar-refractivity contribution is 0.668. The van der Waals surface area contributed by atoms with Gasteiger partial charge in [0.25, 0.3) is 0 Å². The van der Waals surface area contributed by atoms with Crippen molar-refractivity contribution in [3.05, 3.63) is 234 Å². The zero-order chi connectivity index (χ0) is 51.4. The van der Waals surface area contributed by atoms with Crippen LogP contribution in [0.4, 0.5) is 0 Å². The van der Waals surface area contributed by atoms with E-state index >= 15 is 0 Å². The number of aryl methyl sites for hydroxylation is 4. The van der Waals surface area contributed by atoms with Gasteiger partial charge in [0.15, 0.2) is 0 Å². The molecule has 10 aromatic carbocycles. The number of para-hydroxylation sites is 8. The molecule has 0 bridgehead atoms. The predicted molar refractivity (Wildman–Crippen MR) is 318 cm³/mol. The Hall–Kier alpha value is -10.2. The first-order valence-corrected chi connectivity index (χ1v) is 26.3. The summed E-state index contributed by atoms with van der Waals surface area (Å²) in [6.07, 6.45) is 3.74. The Balaban J connectivity index is 1.33. The summed E-state index contributed by atoms with van der Waals surface area (Å²) in [7, 11) is 0. The van der Waals surface area contributed by atoms with Crippen LogP contribution in [0.2, 0.25) is 0 Å². The number of benzene rings is 10.